The fraction of sp³-hybridized carbons (Fsp3) is 0.417. The van der Waals surface area contributed by atoms with Crippen LogP contribution in [0.1, 0.15) is 12.5 Å². The number of carboxylic acid groups (broad SMARTS) is 1. The van der Waals surface area contributed by atoms with Gasteiger partial charge in [0.05, 0.1) is 5.92 Å². The zero-order chi connectivity index (χ0) is 13.0. The highest BCUT2D eigenvalue weighted by Gasteiger charge is 2.14. The number of carboxylic acids is 1. The zero-order valence-corrected chi connectivity index (χ0v) is 10.5. The summed E-state index contributed by atoms with van der Waals surface area (Å²) in [6, 6.07) is 4.35. The van der Waals surface area contributed by atoms with Crippen LogP contribution in [0.4, 0.5) is 4.39 Å². The van der Waals surface area contributed by atoms with Gasteiger partial charge in [-0.2, -0.15) is 0 Å². The second-order valence-electron chi connectivity index (χ2n) is 4.17. The average molecular weight is 260 g/mol. The molecule has 0 bridgehead atoms. The summed E-state index contributed by atoms with van der Waals surface area (Å²) in [6.45, 7) is 2.32. The molecule has 1 aromatic carbocycles. The third kappa shape index (κ3) is 4.32. The van der Waals surface area contributed by atoms with Gasteiger partial charge in [-0.1, -0.05) is 18.5 Å². The molecule has 5 heteroatoms. The summed E-state index contributed by atoms with van der Waals surface area (Å²) >= 11 is 5.78. The highest BCUT2D eigenvalue weighted by atomic mass is 35.5. The van der Waals surface area contributed by atoms with Gasteiger partial charge in [0.2, 0.25) is 0 Å². The van der Waals surface area contributed by atoms with E-state index in [9.17, 15) is 9.18 Å². The lowest BCUT2D eigenvalue weighted by Crippen LogP contribution is -2.28. The summed E-state index contributed by atoms with van der Waals surface area (Å²) in [5.74, 6) is -1.67. The molecule has 0 saturated carbocycles. The Kier molecular flexibility index (Phi) is 4.90. The van der Waals surface area contributed by atoms with E-state index in [1.807, 2.05) is 0 Å². The molecule has 0 fully saturated rings. The Balaban J connectivity index is 2.64. The molecule has 0 spiro atoms. The minimum absolute atomic E-state index is 0.329. The summed E-state index contributed by atoms with van der Waals surface area (Å²) in [5, 5.41) is 9.25. The van der Waals surface area contributed by atoms with E-state index >= 15 is 0 Å². The molecule has 1 N–H and O–H groups in total. The van der Waals surface area contributed by atoms with E-state index < -0.39 is 11.9 Å². The van der Waals surface area contributed by atoms with Crippen LogP contribution in [0.2, 0.25) is 5.02 Å². The first-order chi connectivity index (χ1) is 7.90. The standard InChI is InChI=1S/C12H15ClFNO2/c1-8(12(16)17)6-15(2)7-9-5-10(13)3-4-11(9)14/h3-5,8H,6-7H2,1-2H3,(H,16,17). The number of aliphatic carboxylic acids is 1. The SMILES string of the molecule is CC(CN(C)Cc1cc(Cl)ccc1F)C(=O)O. The molecule has 0 radical (unpaired) electrons. The maximum Gasteiger partial charge on any atom is 0.307 e. The molecule has 17 heavy (non-hydrogen) atoms. The first-order valence-corrected chi connectivity index (χ1v) is 5.63. The highest BCUT2D eigenvalue weighted by Crippen LogP contribution is 2.16. The van der Waals surface area contributed by atoms with E-state index in [1.54, 1.807) is 24.9 Å². The van der Waals surface area contributed by atoms with E-state index in [0.29, 0.717) is 23.7 Å². The molecule has 94 valence electrons. The van der Waals surface area contributed by atoms with Gasteiger partial charge < -0.3 is 10.0 Å². The lowest BCUT2D eigenvalue weighted by atomic mass is 10.1. The molecule has 1 atom stereocenters. The molecule has 0 aliphatic heterocycles. The maximum atomic E-state index is 13.4. The topological polar surface area (TPSA) is 40.5 Å². The second-order valence-corrected chi connectivity index (χ2v) is 4.61. The van der Waals surface area contributed by atoms with Crippen LogP contribution in [-0.4, -0.2) is 29.6 Å². The van der Waals surface area contributed by atoms with Gasteiger partial charge in [0.1, 0.15) is 5.82 Å². The molecular weight excluding hydrogens is 245 g/mol. The smallest absolute Gasteiger partial charge is 0.307 e. The van der Waals surface area contributed by atoms with E-state index in [1.165, 1.54) is 12.1 Å². The first-order valence-electron chi connectivity index (χ1n) is 5.25. The zero-order valence-electron chi connectivity index (χ0n) is 9.78. The summed E-state index contributed by atoms with van der Waals surface area (Å²) in [6.07, 6.45) is 0. The Morgan fingerprint density at radius 1 is 1.59 bits per heavy atom. The van der Waals surface area contributed by atoms with Crippen molar-refractivity contribution in [3.05, 3.63) is 34.6 Å². The Hall–Kier alpha value is -1.13. The molecule has 0 saturated heterocycles. The van der Waals surface area contributed by atoms with Crippen molar-refractivity contribution in [3.63, 3.8) is 0 Å². The van der Waals surface area contributed by atoms with Gasteiger partial charge >= 0.3 is 5.97 Å². The van der Waals surface area contributed by atoms with Crippen molar-refractivity contribution in [2.45, 2.75) is 13.5 Å². The molecule has 1 unspecified atom stereocenters. The molecule has 1 rings (SSSR count). The van der Waals surface area contributed by atoms with Crippen molar-refractivity contribution < 1.29 is 14.3 Å². The number of hydrogen-bond donors (Lipinski definition) is 1. The number of rotatable bonds is 5. The van der Waals surface area contributed by atoms with Crippen molar-refractivity contribution in [3.8, 4) is 0 Å². The molecular formula is C12H15ClFNO2. The van der Waals surface area contributed by atoms with Crippen LogP contribution in [0.15, 0.2) is 18.2 Å². The van der Waals surface area contributed by atoms with Gasteiger partial charge in [-0.25, -0.2) is 4.39 Å². The Bertz CT molecular complexity index is 411. The quantitative estimate of drug-likeness (QED) is 0.884. The van der Waals surface area contributed by atoms with Gasteiger partial charge in [0, 0.05) is 23.7 Å². The predicted molar refractivity (Wildman–Crippen MR) is 64.5 cm³/mol. The minimum Gasteiger partial charge on any atom is -0.481 e. The van der Waals surface area contributed by atoms with Crippen LogP contribution in [0, 0.1) is 11.7 Å². The molecule has 0 aromatic heterocycles. The van der Waals surface area contributed by atoms with E-state index in [4.69, 9.17) is 16.7 Å². The average Bonchev–Trinajstić information content (AvgIpc) is 2.23. The first kappa shape index (κ1) is 13.9. The molecule has 1 aromatic rings. The van der Waals surface area contributed by atoms with Crippen molar-refractivity contribution in [1.29, 1.82) is 0 Å². The van der Waals surface area contributed by atoms with Gasteiger partial charge in [0.15, 0.2) is 0 Å². The maximum absolute atomic E-state index is 13.4. The fourth-order valence-corrected chi connectivity index (χ4v) is 1.76. The third-order valence-corrected chi connectivity index (χ3v) is 2.69. The van der Waals surface area contributed by atoms with Crippen LogP contribution in [0.25, 0.3) is 0 Å². The number of hydrogen-bond acceptors (Lipinski definition) is 2. The summed E-state index contributed by atoms with van der Waals surface area (Å²) in [7, 11) is 1.75. The Labute approximate surface area is 105 Å². The largest absolute Gasteiger partial charge is 0.481 e. The molecule has 3 nitrogen and oxygen atoms in total. The molecule has 0 heterocycles. The fourth-order valence-electron chi connectivity index (χ4n) is 1.57. The van der Waals surface area contributed by atoms with Crippen LogP contribution < -0.4 is 0 Å². The highest BCUT2D eigenvalue weighted by molar-refractivity contribution is 6.30. The molecule has 0 aliphatic carbocycles. The van der Waals surface area contributed by atoms with Gasteiger partial charge in [0.25, 0.3) is 0 Å². The summed E-state index contributed by atoms with van der Waals surface area (Å²) in [5.41, 5.74) is 0.470. The van der Waals surface area contributed by atoms with Crippen LogP contribution in [0.5, 0.6) is 0 Å². The van der Waals surface area contributed by atoms with E-state index in [2.05, 4.69) is 0 Å². The van der Waals surface area contributed by atoms with Crippen molar-refractivity contribution in [2.24, 2.45) is 5.92 Å². The molecule has 0 aliphatic rings. The summed E-state index contributed by atoms with van der Waals surface area (Å²) in [4.78, 5) is 12.4. The van der Waals surface area contributed by atoms with Crippen molar-refractivity contribution in [1.82, 2.24) is 4.90 Å². The Morgan fingerprint density at radius 3 is 2.82 bits per heavy atom. The van der Waals surface area contributed by atoms with E-state index in [0.717, 1.165) is 0 Å². The van der Waals surface area contributed by atoms with Gasteiger partial charge in [-0.15, -0.1) is 0 Å². The van der Waals surface area contributed by atoms with Crippen molar-refractivity contribution in [2.75, 3.05) is 13.6 Å². The van der Waals surface area contributed by atoms with Crippen LogP contribution in [0.3, 0.4) is 0 Å². The predicted octanol–water partition coefficient (Wildman–Crippen LogP) is 2.63. The van der Waals surface area contributed by atoms with Crippen LogP contribution >= 0.6 is 11.6 Å². The number of benzene rings is 1. The Morgan fingerprint density at radius 2 is 2.24 bits per heavy atom. The normalized spacial score (nSPS) is 12.8. The van der Waals surface area contributed by atoms with Crippen LogP contribution in [-0.2, 0) is 11.3 Å². The second kappa shape index (κ2) is 5.98. The third-order valence-electron chi connectivity index (χ3n) is 2.46. The van der Waals surface area contributed by atoms with Crippen molar-refractivity contribution >= 4 is 17.6 Å². The summed E-state index contributed by atoms with van der Waals surface area (Å²) < 4.78 is 13.4. The lowest BCUT2D eigenvalue weighted by molar-refractivity contribution is -0.141. The van der Waals surface area contributed by atoms with E-state index in [-0.39, 0.29) is 5.82 Å². The van der Waals surface area contributed by atoms with Gasteiger partial charge in [-0.05, 0) is 25.2 Å². The van der Waals surface area contributed by atoms with Gasteiger partial charge in [-0.3, -0.25) is 4.79 Å². The lowest BCUT2D eigenvalue weighted by Gasteiger charge is -2.19. The number of nitrogens with zero attached hydrogens (tertiary/aromatic N) is 1. The number of carbonyl (C=O) groups is 1. The number of halogens is 2. The minimum atomic E-state index is -0.858. The monoisotopic (exact) mass is 259 g/mol. The molecule has 0 amide bonds.